The largest absolute Gasteiger partial charge is 0.496 e. The molecule has 0 bridgehead atoms. The van der Waals surface area contributed by atoms with E-state index in [1.54, 1.807) is 12.1 Å². The van der Waals surface area contributed by atoms with Gasteiger partial charge < -0.3 is 9.47 Å². The lowest BCUT2D eigenvalue weighted by Crippen LogP contribution is -2.08. The fraction of sp³-hybridized carbons (Fsp3) is 0.333. The van der Waals surface area contributed by atoms with E-state index in [2.05, 4.69) is 0 Å². The van der Waals surface area contributed by atoms with Crippen molar-refractivity contribution >= 4 is 11.6 Å². The predicted molar refractivity (Wildman–Crippen MR) is 59.6 cm³/mol. The highest BCUT2D eigenvalue weighted by Gasteiger charge is 2.21. The maximum Gasteiger partial charge on any atom is 0.164 e. The fourth-order valence-electron chi connectivity index (χ4n) is 1.60. The molecule has 0 atom stereocenters. The van der Waals surface area contributed by atoms with Gasteiger partial charge in [0, 0.05) is 0 Å². The number of carbonyl (C=O) groups excluding carboxylic acids is 2. The topological polar surface area (TPSA) is 52.6 Å². The van der Waals surface area contributed by atoms with E-state index in [1.807, 2.05) is 0 Å². The second-order valence-corrected chi connectivity index (χ2v) is 3.33. The minimum absolute atomic E-state index is 0.221. The van der Waals surface area contributed by atoms with Crippen LogP contribution in [0.5, 0.6) is 11.5 Å². The van der Waals surface area contributed by atoms with E-state index in [0.717, 1.165) is 0 Å². The second kappa shape index (κ2) is 4.79. The first-order chi connectivity index (χ1) is 7.52. The molecular formula is C12H14O4. The van der Waals surface area contributed by atoms with E-state index < -0.39 is 0 Å². The third kappa shape index (κ3) is 2.05. The molecule has 0 aliphatic heterocycles. The lowest BCUT2D eigenvalue weighted by atomic mass is 9.99. The highest BCUT2D eigenvalue weighted by atomic mass is 16.5. The van der Waals surface area contributed by atoms with Crippen molar-refractivity contribution in [1.29, 1.82) is 0 Å². The van der Waals surface area contributed by atoms with Gasteiger partial charge in [0.2, 0.25) is 0 Å². The zero-order chi connectivity index (χ0) is 12.3. The fourth-order valence-corrected chi connectivity index (χ4v) is 1.60. The molecule has 16 heavy (non-hydrogen) atoms. The van der Waals surface area contributed by atoms with Crippen LogP contribution in [0, 0.1) is 0 Å². The molecule has 0 heterocycles. The van der Waals surface area contributed by atoms with E-state index >= 15 is 0 Å². The Labute approximate surface area is 94.2 Å². The lowest BCUT2D eigenvalue weighted by molar-refractivity contribution is 0.0975. The van der Waals surface area contributed by atoms with Gasteiger partial charge in [-0.3, -0.25) is 9.59 Å². The van der Waals surface area contributed by atoms with Gasteiger partial charge in [-0.2, -0.15) is 0 Å². The van der Waals surface area contributed by atoms with Crippen LogP contribution in [-0.2, 0) is 0 Å². The first-order valence-electron chi connectivity index (χ1n) is 4.79. The van der Waals surface area contributed by atoms with E-state index in [-0.39, 0.29) is 22.7 Å². The van der Waals surface area contributed by atoms with Gasteiger partial charge in [0.05, 0.1) is 25.3 Å². The molecular weight excluding hydrogens is 208 g/mol. The standard InChI is InChI=1S/C12H14O4/c1-7(13)11-9(15-3)5-6-10(16-4)12(11)8(2)14/h5-6H,1-4H3. The molecule has 0 aliphatic rings. The summed E-state index contributed by atoms with van der Waals surface area (Å²) in [5.41, 5.74) is 0.545. The van der Waals surface area contributed by atoms with E-state index in [1.165, 1.54) is 28.1 Å². The molecule has 0 saturated heterocycles. The number of hydrogen-bond acceptors (Lipinski definition) is 4. The van der Waals surface area contributed by atoms with Crippen LogP contribution in [0.25, 0.3) is 0 Å². The van der Waals surface area contributed by atoms with Crippen LogP contribution in [0.4, 0.5) is 0 Å². The van der Waals surface area contributed by atoms with Gasteiger partial charge in [-0.1, -0.05) is 0 Å². The molecule has 1 rings (SSSR count). The van der Waals surface area contributed by atoms with Crippen molar-refractivity contribution in [2.45, 2.75) is 13.8 Å². The molecule has 4 nitrogen and oxygen atoms in total. The molecule has 0 amide bonds. The number of hydrogen-bond donors (Lipinski definition) is 0. The Hall–Kier alpha value is -1.84. The molecule has 0 fully saturated rings. The van der Waals surface area contributed by atoms with Crippen LogP contribution in [-0.4, -0.2) is 25.8 Å². The molecule has 0 spiro atoms. The molecule has 0 N–H and O–H groups in total. The molecule has 1 aromatic carbocycles. The number of rotatable bonds is 4. The van der Waals surface area contributed by atoms with Gasteiger partial charge in [-0.25, -0.2) is 0 Å². The maximum absolute atomic E-state index is 11.5. The van der Waals surface area contributed by atoms with Crippen molar-refractivity contribution in [1.82, 2.24) is 0 Å². The lowest BCUT2D eigenvalue weighted by Gasteiger charge is -2.13. The quantitative estimate of drug-likeness (QED) is 0.732. The molecule has 1 aromatic rings. The number of Topliss-reactive ketones (excluding diaryl/α,β-unsaturated/α-hetero) is 2. The summed E-state index contributed by atoms with van der Waals surface area (Å²) in [4.78, 5) is 23.1. The summed E-state index contributed by atoms with van der Waals surface area (Å²) in [5, 5.41) is 0. The predicted octanol–water partition coefficient (Wildman–Crippen LogP) is 2.11. The number of carbonyl (C=O) groups is 2. The zero-order valence-corrected chi connectivity index (χ0v) is 9.79. The smallest absolute Gasteiger partial charge is 0.164 e. The summed E-state index contributed by atoms with van der Waals surface area (Å²) in [5.74, 6) is 0.332. The number of benzene rings is 1. The Bertz CT molecular complexity index is 394. The van der Waals surface area contributed by atoms with Crippen molar-refractivity contribution in [3.05, 3.63) is 23.3 Å². The summed E-state index contributed by atoms with van der Waals surface area (Å²) >= 11 is 0. The molecule has 0 saturated carbocycles. The van der Waals surface area contributed by atoms with Gasteiger partial charge >= 0.3 is 0 Å². The van der Waals surface area contributed by atoms with Gasteiger partial charge in [0.15, 0.2) is 11.6 Å². The van der Waals surface area contributed by atoms with Gasteiger partial charge in [0.25, 0.3) is 0 Å². The summed E-state index contributed by atoms with van der Waals surface area (Å²) in [6, 6.07) is 3.23. The number of ketones is 2. The van der Waals surface area contributed by atoms with Crippen LogP contribution in [0.3, 0.4) is 0 Å². The Morgan fingerprint density at radius 2 is 1.19 bits per heavy atom. The zero-order valence-electron chi connectivity index (χ0n) is 9.79. The maximum atomic E-state index is 11.5. The Balaban J connectivity index is 3.60. The molecule has 0 aromatic heterocycles. The molecule has 0 aliphatic carbocycles. The van der Waals surface area contributed by atoms with Gasteiger partial charge in [-0.15, -0.1) is 0 Å². The minimum atomic E-state index is -0.221. The van der Waals surface area contributed by atoms with Gasteiger partial charge in [0.1, 0.15) is 11.5 Å². The highest BCUT2D eigenvalue weighted by molar-refractivity contribution is 6.10. The number of methoxy groups -OCH3 is 2. The van der Waals surface area contributed by atoms with Crippen molar-refractivity contribution in [2.75, 3.05) is 14.2 Å². The van der Waals surface area contributed by atoms with Crippen molar-refractivity contribution in [3.8, 4) is 11.5 Å². The summed E-state index contributed by atoms with van der Waals surface area (Å²) in [7, 11) is 2.91. The van der Waals surface area contributed by atoms with Crippen molar-refractivity contribution < 1.29 is 19.1 Å². The van der Waals surface area contributed by atoms with Crippen LogP contribution in [0.15, 0.2) is 12.1 Å². The van der Waals surface area contributed by atoms with E-state index in [4.69, 9.17) is 9.47 Å². The van der Waals surface area contributed by atoms with Crippen LogP contribution < -0.4 is 9.47 Å². The summed E-state index contributed by atoms with van der Waals surface area (Å²) < 4.78 is 10.1. The number of ether oxygens (including phenoxy) is 2. The van der Waals surface area contributed by atoms with Crippen LogP contribution in [0.2, 0.25) is 0 Å². The first kappa shape index (κ1) is 12.2. The SMILES string of the molecule is COc1ccc(OC)c(C(C)=O)c1C(C)=O. The third-order valence-electron chi connectivity index (χ3n) is 2.27. The van der Waals surface area contributed by atoms with Crippen LogP contribution in [0.1, 0.15) is 34.6 Å². The van der Waals surface area contributed by atoms with E-state index in [9.17, 15) is 9.59 Å². The average molecular weight is 222 g/mol. The molecule has 4 heteroatoms. The van der Waals surface area contributed by atoms with Crippen molar-refractivity contribution in [2.24, 2.45) is 0 Å². The first-order valence-corrected chi connectivity index (χ1v) is 4.79. The average Bonchev–Trinajstić information content (AvgIpc) is 2.26. The van der Waals surface area contributed by atoms with Crippen molar-refractivity contribution in [3.63, 3.8) is 0 Å². The van der Waals surface area contributed by atoms with Gasteiger partial charge in [-0.05, 0) is 26.0 Å². The Morgan fingerprint density at radius 3 is 1.38 bits per heavy atom. The normalized spacial score (nSPS) is 9.75. The monoisotopic (exact) mass is 222 g/mol. The minimum Gasteiger partial charge on any atom is -0.496 e. The Kier molecular flexibility index (Phi) is 3.66. The molecule has 0 radical (unpaired) electrons. The summed E-state index contributed by atoms with van der Waals surface area (Å²) in [6.07, 6.45) is 0. The second-order valence-electron chi connectivity index (χ2n) is 3.33. The Morgan fingerprint density at radius 1 is 0.875 bits per heavy atom. The molecule has 86 valence electrons. The third-order valence-corrected chi connectivity index (χ3v) is 2.27. The highest BCUT2D eigenvalue weighted by Crippen LogP contribution is 2.31. The summed E-state index contributed by atoms with van der Waals surface area (Å²) in [6.45, 7) is 2.79. The van der Waals surface area contributed by atoms with Crippen LogP contribution >= 0.6 is 0 Å². The van der Waals surface area contributed by atoms with E-state index in [0.29, 0.717) is 11.5 Å². The molecule has 0 unspecified atom stereocenters.